The second-order valence-corrected chi connectivity index (χ2v) is 13.2. The van der Waals surface area contributed by atoms with Gasteiger partial charge < -0.3 is 24.8 Å². The third kappa shape index (κ3) is 17.7. The maximum absolute atomic E-state index is 2.38. The molecule has 195 valence electrons. The quantitative estimate of drug-likeness (QED) is 0.289. The zero-order chi connectivity index (χ0) is 24.1. The summed E-state index contributed by atoms with van der Waals surface area (Å²) in [5.41, 5.74) is 7.89. The summed E-state index contributed by atoms with van der Waals surface area (Å²) in [7, 11) is 0.720. The Balaban J connectivity index is -0.000000191. The summed E-state index contributed by atoms with van der Waals surface area (Å²) in [6.45, 7) is 27.2. The van der Waals surface area contributed by atoms with Crippen LogP contribution in [0.2, 0.25) is 11.1 Å². The monoisotopic (exact) mass is 691 g/mol. The van der Waals surface area contributed by atoms with Crippen LogP contribution in [-0.2, 0) is 25.8 Å². The van der Waals surface area contributed by atoms with Crippen molar-refractivity contribution in [2.75, 3.05) is 0 Å². The molecule has 0 aromatic heterocycles. The van der Waals surface area contributed by atoms with Gasteiger partial charge in [0, 0.05) is 9.52 Å². The zero-order valence-electron chi connectivity index (χ0n) is 24.2. The normalized spacial score (nSPS) is 12.0. The van der Waals surface area contributed by atoms with Crippen molar-refractivity contribution in [1.29, 1.82) is 0 Å². The fraction of sp³-hybridized carbons (Fsp3) is 0.667. The Morgan fingerprint density at radius 3 is 1.03 bits per heavy atom. The Morgan fingerprint density at radius 1 is 0.588 bits per heavy atom. The average molecular weight is 691 g/mol. The average Bonchev–Trinajstić information content (AvgIpc) is 3.38. The molecule has 2 aromatic rings. The third-order valence-corrected chi connectivity index (χ3v) is 8.47. The van der Waals surface area contributed by atoms with E-state index in [1.807, 2.05) is 0 Å². The van der Waals surface area contributed by atoms with E-state index in [0.717, 1.165) is 20.6 Å². The van der Waals surface area contributed by atoms with Crippen LogP contribution in [0.1, 0.15) is 142 Å². The Hall–Kier alpha value is 0.367. The van der Waals surface area contributed by atoms with E-state index in [0.29, 0.717) is 23.7 Å². The number of hydrogen-bond donors (Lipinski definition) is 0. The van der Waals surface area contributed by atoms with Gasteiger partial charge in [-0.25, -0.2) is 12.1 Å². The van der Waals surface area contributed by atoms with E-state index in [1.165, 1.54) is 35.1 Å². The molecule has 0 N–H and O–H groups in total. The summed E-state index contributed by atoms with van der Waals surface area (Å²) in [5, 5.41) is 0. The number of halogens is 2. The SMILES string of the molecule is CC(C)c1c[cH-]c(C(C)C)c1.CC(C)c1c[cH-]c(C(C)C)c1.CCC(C)[SiH]C(C)CC.[Cl-].[Cl-].[Hf+4]. The predicted octanol–water partition coefficient (Wildman–Crippen LogP) is 4.17. The van der Waals surface area contributed by atoms with Gasteiger partial charge in [0.2, 0.25) is 0 Å². The molecule has 1 radical (unpaired) electrons. The molecule has 0 aliphatic heterocycles. The van der Waals surface area contributed by atoms with Gasteiger partial charge in [-0.3, -0.25) is 0 Å². The molecule has 0 aliphatic carbocycles. The van der Waals surface area contributed by atoms with E-state index in [-0.39, 0.29) is 50.7 Å². The summed E-state index contributed by atoms with van der Waals surface area (Å²) in [5.74, 6) is 2.68. The molecule has 2 aromatic carbocycles. The molecule has 0 bridgehead atoms. The molecule has 2 rings (SSSR count). The summed E-state index contributed by atoms with van der Waals surface area (Å²) < 4.78 is 0. The van der Waals surface area contributed by atoms with Gasteiger partial charge in [0.05, 0.1) is 0 Å². The van der Waals surface area contributed by atoms with Crippen molar-refractivity contribution in [2.24, 2.45) is 0 Å². The van der Waals surface area contributed by atoms with E-state index in [2.05, 4.69) is 119 Å². The van der Waals surface area contributed by atoms with Crippen molar-refractivity contribution >= 4 is 9.52 Å². The Morgan fingerprint density at radius 2 is 0.882 bits per heavy atom. The Kier molecular flexibility index (Phi) is 27.5. The Labute approximate surface area is 248 Å². The van der Waals surface area contributed by atoms with Gasteiger partial charge in [0.1, 0.15) is 0 Å². The molecule has 2 atom stereocenters. The van der Waals surface area contributed by atoms with Crippen LogP contribution in [0.15, 0.2) is 36.4 Å². The van der Waals surface area contributed by atoms with Crippen molar-refractivity contribution in [2.45, 2.75) is 131 Å². The molecule has 0 saturated carbocycles. The van der Waals surface area contributed by atoms with Gasteiger partial charge in [-0.1, -0.05) is 119 Å². The minimum Gasteiger partial charge on any atom is -1.00 e. The van der Waals surface area contributed by atoms with E-state index in [9.17, 15) is 0 Å². The van der Waals surface area contributed by atoms with Crippen molar-refractivity contribution in [3.63, 3.8) is 0 Å². The molecule has 0 aliphatic rings. The van der Waals surface area contributed by atoms with E-state index >= 15 is 0 Å². The third-order valence-electron chi connectivity index (χ3n) is 6.21. The zero-order valence-corrected chi connectivity index (χ0v) is 30.4. The smallest absolute Gasteiger partial charge is 1.00 e. The molecule has 0 heterocycles. The summed E-state index contributed by atoms with van der Waals surface area (Å²) in [6, 6.07) is 13.6. The van der Waals surface area contributed by atoms with Crippen LogP contribution in [0, 0.1) is 0 Å². The maximum atomic E-state index is 2.38. The fourth-order valence-electron chi connectivity index (χ4n) is 3.23. The van der Waals surface area contributed by atoms with Crippen LogP contribution in [0.25, 0.3) is 0 Å². The minimum atomic E-state index is 0. The Bertz CT molecular complexity index is 582. The standard InChI is InChI=1S/2C11H17.C8H19Si.2ClH.Hf/c2*1-8(2)10-5-6-11(7-10)9(3)4;1-5-7(3)9-8(4)6-2;;;/h2*5-9H,1-4H3;7-9H,5-6H2,1-4H3;2*1H;/q2*-1;;;;+4/p-2. The van der Waals surface area contributed by atoms with Crippen molar-refractivity contribution in [3.05, 3.63) is 58.7 Å². The molecule has 0 nitrogen and oxygen atoms in total. The van der Waals surface area contributed by atoms with Gasteiger partial charge >= 0.3 is 25.8 Å². The van der Waals surface area contributed by atoms with Crippen molar-refractivity contribution < 1.29 is 50.7 Å². The number of hydrogen-bond acceptors (Lipinski definition) is 0. The van der Waals surface area contributed by atoms with Gasteiger partial charge in [-0.2, -0.15) is 46.5 Å². The van der Waals surface area contributed by atoms with Gasteiger partial charge in [0.25, 0.3) is 0 Å². The molecule has 0 saturated heterocycles. The first kappa shape index (κ1) is 41.5. The topological polar surface area (TPSA) is 0 Å². The van der Waals surface area contributed by atoms with Gasteiger partial charge in [-0.15, -0.1) is 0 Å². The molecule has 34 heavy (non-hydrogen) atoms. The first-order chi connectivity index (χ1) is 14.4. The van der Waals surface area contributed by atoms with Crippen LogP contribution in [0.3, 0.4) is 0 Å². The molecule has 2 unspecified atom stereocenters. The minimum absolute atomic E-state index is 0. The van der Waals surface area contributed by atoms with Gasteiger partial charge in [0.15, 0.2) is 0 Å². The molecular formula is C30H53Cl2HfSi. The van der Waals surface area contributed by atoms with E-state index in [1.54, 1.807) is 0 Å². The summed E-state index contributed by atoms with van der Waals surface area (Å²) in [6.07, 6.45) is 2.75. The molecule has 4 heteroatoms. The first-order valence-electron chi connectivity index (χ1n) is 12.8. The number of rotatable bonds is 8. The largest absolute Gasteiger partial charge is 4.00 e. The maximum Gasteiger partial charge on any atom is 4.00 e. The molecule has 0 amide bonds. The van der Waals surface area contributed by atoms with Crippen LogP contribution in [-0.4, -0.2) is 9.52 Å². The van der Waals surface area contributed by atoms with Crippen LogP contribution in [0.5, 0.6) is 0 Å². The van der Waals surface area contributed by atoms with Crippen molar-refractivity contribution in [1.82, 2.24) is 0 Å². The fourth-order valence-corrected chi connectivity index (χ4v) is 4.90. The summed E-state index contributed by atoms with van der Waals surface area (Å²) in [4.78, 5) is 0. The predicted molar refractivity (Wildman–Crippen MR) is 147 cm³/mol. The van der Waals surface area contributed by atoms with E-state index in [4.69, 9.17) is 0 Å². The van der Waals surface area contributed by atoms with E-state index < -0.39 is 0 Å². The van der Waals surface area contributed by atoms with Crippen LogP contribution in [0.4, 0.5) is 0 Å². The molecular weight excluding hydrogens is 638 g/mol. The first-order valence-corrected chi connectivity index (χ1v) is 14.1. The van der Waals surface area contributed by atoms with Crippen molar-refractivity contribution in [3.8, 4) is 0 Å². The molecule has 0 spiro atoms. The molecule has 0 fully saturated rings. The van der Waals surface area contributed by atoms with Gasteiger partial charge in [-0.05, 0) is 11.8 Å². The second kappa shape index (κ2) is 22.6. The summed E-state index contributed by atoms with van der Waals surface area (Å²) >= 11 is 0. The van der Waals surface area contributed by atoms with Crippen LogP contribution < -0.4 is 24.8 Å². The van der Waals surface area contributed by atoms with Crippen LogP contribution >= 0.6 is 0 Å². The second-order valence-electron chi connectivity index (χ2n) is 10.5.